The number of rotatable bonds is 7. The second-order valence-corrected chi connectivity index (χ2v) is 6.02. The second kappa shape index (κ2) is 6.53. The summed E-state index contributed by atoms with van der Waals surface area (Å²) in [6.07, 6.45) is 7.39. The van der Waals surface area contributed by atoms with Crippen LogP contribution in [-0.4, -0.2) is 28.5 Å². The zero-order valence-corrected chi connectivity index (χ0v) is 12.5. The van der Waals surface area contributed by atoms with Crippen molar-refractivity contribution < 1.29 is 4.74 Å². The van der Waals surface area contributed by atoms with E-state index in [1.54, 1.807) is 0 Å². The first-order chi connectivity index (χ1) is 9.11. The molecule has 0 radical (unpaired) electrons. The molecule has 0 amide bonds. The Labute approximate surface area is 116 Å². The highest BCUT2D eigenvalue weighted by atomic mass is 16.5. The zero-order chi connectivity index (χ0) is 13.7. The topological polar surface area (TPSA) is 39.1 Å². The first-order valence-corrected chi connectivity index (χ1v) is 7.49. The largest absolute Gasteiger partial charge is 0.375 e. The number of ether oxygens (including phenoxy) is 1. The van der Waals surface area contributed by atoms with Gasteiger partial charge in [0.1, 0.15) is 0 Å². The Bertz CT molecular complexity index is 380. The molecule has 1 aromatic heterocycles. The molecule has 1 aromatic rings. The van der Waals surface area contributed by atoms with Crippen molar-refractivity contribution in [3.8, 4) is 0 Å². The lowest BCUT2D eigenvalue weighted by Gasteiger charge is -2.24. The normalized spacial score (nSPS) is 17.2. The first-order valence-electron chi connectivity index (χ1n) is 7.49. The van der Waals surface area contributed by atoms with Crippen molar-refractivity contribution >= 4 is 0 Å². The van der Waals surface area contributed by atoms with Crippen LogP contribution in [0.25, 0.3) is 0 Å². The van der Waals surface area contributed by atoms with Gasteiger partial charge in [0.05, 0.1) is 17.3 Å². The number of nitrogens with zero attached hydrogens (tertiary/aromatic N) is 2. The number of hydrogen-bond acceptors (Lipinski definition) is 3. The number of aromatic nitrogens is 2. The molecule has 19 heavy (non-hydrogen) atoms. The Morgan fingerprint density at radius 2 is 2.16 bits per heavy atom. The predicted molar refractivity (Wildman–Crippen MR) is 77.1 cm³/mol. The quantitative estimate of drug-likeness (QED) is 0.824. The van der Waals surface area contributed by atoms with Crippen molar-refractivity contribution in [2.75, 3.05) is 13.2 Å². The standard InChI is InChI=1S/C15H27N3O/c1-4-19-15(2,3)12-16-11-13-9-10-18(17-13)14-7-5-6-8-14/h9-10,14,16H,4-8,11-12H2,1-3H3. The predicted octanol–water partition coefficient (Wildman–Crippen LogP) is 2.90. The van der Waals surface area contributed by atoms with Gasteiger partial charge < -0.3 is 10.1 Å². The minimum Gasteiger partial charge on any atom is -0.375 e. The van der Waals surface area contributed by atoms with E-state index in [1.165, 1.54) is 25.7 Å². The van der Waals surface area contributed by atoms with E-state index in [0.717, 1.165) is 25.4 Å². The maximum absolute atomic E-state index is 5.67. The van der Waals surface area contributed by atoms with E-state index in [2.05, 4.69) is 41.2 Å². The monoisotopic (exact) mass is 265 g/mol. The summed E-state index contributed by atoms with van der Waals surface area (Å²) in [4.78, 5) is 0. The Morgan fingerprint density at radius 3 is 2.84 bits per heavy atom. The van der Waals surface area contributed by atoms with Crippen LogP contribution in [0.5, 0.6) is 0 Å². The maximum atomic E-state index is 5.67. The summed E-state index contributed by atoms with van der Waals surface area (Å²) in [5.41, 5.74) is 1.02. The molecule has 0 saturated heterocycles. The molecule has 4 nitrogen and oxygen atoms in total. The molecule has 1 aliphatic carbocycles. The van der Waals surface area contributed by atoms with Crippen molar-refractivity contribution in [3.05, 3.63) is 18.0 Å². The Kier molecular flexibility index (Phi) is 4.99. The van der Waals surface area contributed by atoms with Gasteiger partial charge in [0.2, 0.25) is 0 Å². The van der Waals surface area contributed by atoms with E-state index in [9.17, 15) is 0 Å². The van der Waals surface area contributed by atoms with Crippen LogP contribution in [0.15, 0.2) is 12.3 Å². The molecule has 108 valence electrons. The first kappa shape index (κ1) is 14.5. The minimum absolute atomic E-state index is 0.108. The SMILES string of the molecule is CCOC(C)(C)CNCc1ccn(C2CCCC2)n1. The molecule has 0 bridgehead atoms. The molecule has 0 unspecified atom stereocenters. The van der Waals surface area contributed by atoms with Gasteiger partial charge in [-0.15, -0.1) is 0 Å². The molecular formula is C15H27N3O. The van der Waals surface area contributed by atoms with Crippen LogP contribution in [0.3, 0.4) is 0 Å². The van der Waals surface area contributed by atoms with Crippen LogP contribution in [0.4, 0.5) is 0 Å². The number of hydrogen-bond donors (Lipinski definition) is 1. The molecule has 1 fully saturated rings. The molecule has 1 heterocycles. The summed E-state index contributed by atoms with van der Waals surface area (Å²) in [6.45, 7) is 8.67. The zero-order valence-electron chi connectivity index (χ0n) is 12.5. The van der Waals surface area contributed by atoms with Crippen molar-refractivity contribution in [1.82, 2.24) is 15.1 Å². The van der Waals surface area contributed by atoms with E-state index >= 15 is 0 Å². The summed E-state index contributed by atoms with van der Waals surface area (Å²) in [5.74, 6) is 0. The molecule has 0 aliphatic heterocycles. The summed E-state index contributed by atoms with van der Waals surface area (Å²) >= 11 is 0. The summed E-state index contributed by atoms with van der Waals surface area (Å²) in [7, 11) is 0. The van der Waals surface area contributed by atoms with Gasteiger partial charge in [0.25, 0.3) is 0 Å². The fourth-order valence-electron chi connectivity index (χ4n) is 2.78. The molecule has 1 saturated carbocycles. The third kappa shape index (κ3) is 4.32. The Morgan fingerprint density at radius 1 is 1.42 bits per heavy atom. The molecule has 4 heteroatoms. The minimum atomic E-state index is -0.108. The lowest BCUT2D eigenvalue weighted by atomic mass is 10.1. The van der Waals surface area contributed by atoms with E-state index in [0.29, 0.717) is 6.04 Å². The molecule has 0 aromatic carbocycles. The fraction of sp³-hybridized carbons (Fsp3) is 0.800. The second-order valence-electron chi connectivity index (χ2n) is 6.02. The number of nitrogens with one attached hydrogen (secondary N) is 1. The van der Waals surface area contributed by atoms with Crippen LogP contribution in [0.2, 0.25) is 0 Å². The van der Waals surface area contributed by atoms with Gasteiger partial charge in [-0.25, -0.2) is 0 Å². The average molecular weight is 265 g/mol. The van der Waals surface area contributed by atoms with Gasteiger partial charge >= 0.3 is 0 Å². The van der Waals surface area contributed by atoms with E-state index < -0.39 is 0 Å². The van der Waals surface area contributed by atoms with Crippen LogP contribution in [0.1, 0.15) is 58.2 Å². The summed E-state index contributed by atoms with van der Waals surface area (Å²) < 4.78 is 7.82. The van der Waals surface area contributed by atoms with Crippen molar-refractivity contribution in [2.24, 2.45) is 0 Å². The van der Waals surface area contributed by atoms with Gasteiger partial charge in [-0.1, -0.05) is 12.8 Å². The van der Waals surface area contributed by atoms with E-state index in [-0.39, 0.29) is 5.60 Å². The van der Waals surface area contributed by atoms with Crippen molar-refractivity contribution in [1.29, 1.82) is 0 Å². The van der Waals surface area contributed by atoms with Gasteiger partial charge in [-0.05, 0) is 39.7 Å². The van der Waals surface area contributed by atoms with Gasteiger partial charge in [0.15, 0.2) is 0 Å². The average Bonchev–Trinajstić information content (AvgIpc) is 2.98. The third-order valence-corrected chi connectivity index (χ3v) is 3.75. The molecule has 1 N–H and O–H groups in total. The Hall–Kier alpha value is -0.870. The molecule has 2 rings (SSSR count). The van der Waals surface area contributed by atoms with E-state index in [1.807, 2.05) is 6.92 Å². The van der Waals surface area contributed by atoms with Crippen LogP contribution in [-0.2, 0) is 11.3 Å². The highest BCUT2D eigenvalue weighted by Crippen LogP contribution is 2.28. The lowest BCUT2D eigenvalue weighted by molar-refractivity contribution is -0.00902. The molecule has 0 atom stereocenters. The van der Waals surface area contributed by atoms with Gasteiger partial charge in [-0.3, -0.25) is 4.68 Å². The fourth-order valence-corrected chi connectivity index (χ4v) is 2.78. The van der Waals surface area contributed by atoms with Crippen LogP contribution >= 0.6 is 0 Å². The highest BCUT2D eigenvalue weighted by Gasteiger charge is 2.18. The smallest absolute Gasteiger partial charge is 0.0762 e. The van der Waals surface area contributed by atoms with Gasteiger partial charge in [0, 0.05) is 25.9 Å². The highest BCUT2D eigenvalue weighted by molar-refractivity contribution is 5.00. The Balaban J connectivity index is 1.77. The maximum Gasteiger partial charge on any atom is 0.0762 e. The van der Waals surface area contributed by atoms with E-state index in [4.69, 9.17) is 4.74 Å². The van der Waals surface area contributed by atoms with Crippen LogP contribution in [0, 0.1) is 0 Å². The summed E-state index contributed by atoms with van der Waals surface area (Å²) in [6, 6.07) is 2.76. The molecular weight excluding hydrogens is 238 g/mol. The van der Waals surface area contributed by atoms with Crippen molar-refractivity contribution in [3.63, 3.8) is 0 Å². The molecule has 0 spiro atoms. The summed E-state index contributed by atoms with van der Waals surface area (Å²) in [5, 5.41) is 8.10. The lowest BCUT2D eigenvalue weighted by Crippen LogP contribution is -2.37. The van der Waals surface area contributed by atoms with Gasteiger partial charge in [-0.2, -0.15) is 5.10 Å². The van der Waals surface area contributed by atoms with Crippen LogP contribution < -0.4 is 5.32 Å². The van der Waals surface area contributed by atoms with Crippen molar-refractivity contribution in [2.45, 2.75) is 64.6 Å². The third-order valence-electron chi connectivity index (χ3n) is 3.75. The molecule has 1 aliphatic rings.